The minimum Gasteiger partial charge on any atom is -0.382 e. The second-order valence-electron chi connectivity index (χ2n) is 4.50. The molecule has 1 fully saturated rings. The molecule has 98 valence electrons. The zero-order chi connectivity index (χ0) is 12.8. The number of likely N-dealkylation sites (tertiary alicyclic amines) is 1. The van der Waals surface area contributed by atoms with Gasteiger partial charge in [0.1, 0.15) is 5.82 Å². The second-order valence-corrected chi connectivity index (χ2v) is 4.50. The van der Waals surface area contributed by atoms with E-state index in [9.17, 15) is 4.79 Å². The summed E-state index contributed by atoms with van der Waals surface area (Å²) < 4.78 is 0. The number of anilines is 1. The van der Waals surface area contributed by atoms with Crippen LogP contribution in [-0.4, -0.2) is 47.2 Å². The lowest BCUT2D eigenvalue weighted by Crippen LogP contribution is -2.37. The quantitative estimate of drug-likeness (QED) is 0.800. The standard InChI is InChI=1S/C12H19N5O/c13-11-5-4-10(15-16-11)12(18)14-6-9-17-7-2-1-3-8-17/h4-5H,1-3,6-9H2,(H2,13,16)(H,14,18). The number of piperidine rings is 1. The Hall–Kier alpha value is -1.69. The lowest BCUT2D eigenvalue weighted by atomic mass is 10.1. The van der Waals surface area contributed by atoms with Gasteiger partial charge in [-0.3, -0.25) is 4.79 Å². The fourth-order valence-electron chi connectivity index (χ4n) is 2.06. The van der Waals surface area contributed by atoms with Crippen molar-refractivity contribution in [2.24, 2.45) is 0 Å². The van der Waals surface area contributed by atoms with Crippen molar-refractivity contribution in [2.75, 3.05) is 31.9 Å². The first-order chi connectivity index (χ1) is 8.75. The van der Waals surface area contributed by atoms with E-state index in [0.717, 1.165) is 19.6 Å². The van der Waals surface area contributed by atoms with Gasteiger partial charge in [0.2, 0.25) is 0 Å². The van der Waals surface area contributed by atoms with Gasteiger partial charge in [0.05, 0.1) is 0 Å². The monoisotopic (exact) mass is 249 g/mol. The molecule has 1 aliphatic heterocycles. The van der Waals surface area contributed by atoms with E-state index >= 15 is 0 Å². The average Bonchev–Trinajstić information content (AvgIpc) is 2.40. The average molecular weight is 249 g/mol. The van der Waals surface area contributed by atoms with Crippen molar-refractivity contribution in [3.8, 4) is 0 Å². The molecule has 1 saturated heterocycles. The Morgan fingerprint density at radius 3 is 2.72 bits per heavy atom. The number of carbonyl (C=O) groups excluding carboxylic acids is 1. The van der Waals surface area contributed by atoms with Crippen molar-refractivity contribution < 1.29 is 4.79 Å². The van der Waals surface area contributed by atoms with Crippen LogP contribution in [0.15, 0.2) is 12.1 Å². The van der Waals surface area contributed by atoms with Gasteiger partial charge >= 0.3 is 0 Å². The number of hydrogen-bond acceptors (Lipinski definition) is 5. The summed E-state index contributed by atoms with van der Waals surface area (Å²) >= 11 is 0. The summed E-state index contributed by atoms with van der Waals surface area (Å²) in [4.78, 5) is 14.1. The highest BCUT2D eigenvalue weighted by Crippen LogP contribution is 2.07. The topological polar surface area (TPSA) is 84.1 Å². The smallest absolute Gasteiger partial charge is 0.271 e. The van der Waals surface area contributed by atoms with Crippen LogP contribution in [0.4, 0.5) is 5.82 Å². The van der Waals surface area contributed by atoms with Crippen molar-refractivity contribution in [3.63, 3.8) is 0 Å². The summed E-state index contributed by atoms with van der Waals surface area (Å²) in [6.45, 7) is 3.81. The number of nitrogens with two attached hydrogens (primary N) is 1. The predicted octanol–water partition coefficient (Wildman–Crippen LogP) is 0.274. The van der Waals surface area contributed by atoms with Gasteiger partial charge in [0, 0.05) is 13.1 Å². The normalized spacial score (nSPS) is 16.4. The summed E-state index contributed by atoms with van der Waals surface area (Å²) in [5.41, 5.74) is 5.72. The number of rotatable bonds is 4. The molecule has 1 aliphatic rings. The third-order valence-electron chi connectivity index (χ3n) is 3.08. The molecule has 0 atom stereocenters. The SMILES string of the molecule is Nc1ccc(C(=O)NCCN2CCCCC2)nn1. The van der Waals surface area contributed by atoms with Crippen molar-refractivity contribution in [3.05, 3.63) is 17.8 Å². The Labute approximate surface area is 107 Å². The number of nitrogen functional groups attached to an aromatic ring is 1. The zero-order valence-electron chi connectivity index (χ0n) is 10.4. The van der Waals surface area contributed by atoms with E-state index in [1.54, 1.807) is 12.1 Å². The molecule has 0 aliphatic carbocycles. The molecular formula is C12H19N5O. The highest BCUT2D eigenvalue weighted by atomic mass is 16.1. The van der Waals surface area contributed by atoms with E-state index in [-0.39, 0.29) is 5.91 Å². The van der Waals surface area contributed by atoms with Crippen LogP contribution >= 0.6 is 0 Å². The summed E-state index contributed by atoms with van der Waals surface area (Å²) in [7, 11) is 0. The summed E-state index contributed by atoms with van der Waals surface area (Å²) in [6.07, 6.45) is 3.85. The number of hydrogen-bond donors (Lipinski definition) is 2. The van der Waals surface area contributed by atoms with Crippen LogP contribution < -0.4 is 11.1 Å². The summed E-state index contributed by atoms with van der Waals surface area (Å²) in [6, 6.07) is 3.16. The Morgan fingerprint density at radius 1 is 1.28 bits per heavy atom. The van der Waals surface area contributed by atoms with E-state index in [0.29, 0.717) is 18.1 Å². The van der Waals surface area contributed by atoms with Gasteiger partial charge < -0.3 is 16.0 Å². The molecule has 6 nitrogen and oxygen atoms in total. The number of aromatic nitrogens is 2. The van der Waals surface area contributed by atoms with Gasteiger partial charge in [-0.15, -0.1) is 10.2 Å². The fraction of sp³-hybridized carbons (Fsp3) is 0.583. The molecule has 0 unspecified atom stereocenters. The predicted molar refractivity (Wildman–Crippen MR) is 69.1 cm³/mol. The van der Waals surface area contributed by atoms with Crippen molar-refractivity contribution >= 4 is 11.7 Å². The first-order valence-corrected chi connectivity index (χ1v) is 6.35. The van der Waals surface area contributed by atoms with Crippen LogP contribution in [0.5, 0.6) is 0 Å². The van der Waals surface area contributed by atoms with Crippen LogP contribution in [0.1, 0.15) is 29.8 Å². The highest BCUT2D eigenvalue weighted by molar-refractivity contribution is 5.92. The molecule has 18 heavy (non-hydrogen) atoms. The third kappa shape index (κ3) is 3.66. The molecule has 0 aromatic carbocycles. The second kappa shape index (κ2) is 6.30. The number of nitrogens with zero attached hydrogens (tertiary/aromatic N) is 3. The van der Waals surface area contributed by atoms with Crippen LogP contribution in [0.3, 0.4) is 0 Å². The van der Waals surface area contributed by atoms with E-state index in [4.69, 9.17) is 5.73 Å². The van der Waals surface area contributed by atoms with E-state index in [1.807, 2.05) is 0 Å². The Morgan fingerprint density at radius 2 is 2.06 bits per heavy atom. The molecule has 1 aromatic heterocycles. The Balaban J connectivity index is 1.72. The molecule has 0 radical (unpaired) electrons. The molecule has 6 heteroatoms. The van der Waals surface area contributed by atoms with E-state index < -0.39 is 0 Å². The van der Waals surface area contributed by atoms with Crippen LogP contribution in [0.25, 0.3) is 0 Å². The lowest BCUT2D eigenvalue weighted by Gasteiger charge is -2.26. The molecule has 1 aromatic rings. The Bertz CT molecular complexity index is 386. The molecular weight excluding hydrogens is 230 g/mol. The lowest BCUT2D eigenvalue weighted by molar-refractivity contribution is 0.0940. The first-order valence-electron chi connectivity index (χ1n) is 6.35. The molecule has 2 heterocycles. The van der Waals surface area contributed by atoms with E-state index in [1.165, 1.54) is 19.3 Å². The highest BCUT2D eigenvalue weighted by Gasteiger charge is 2.11. The number of carbonyl (C=O) groups is 1. The largest absolute Gasteiger partial charge is 0.382 e. The molecule has 0 spiro atoms. The molecule has 0 saturated carbocycles. The summed E-state index contributed by atoms with van der Waals surface area (Å²) in [5.74, 6) is 0.124. The minimum atomic E-state index is -0.195. The molecule has 0 bridgehead atoms. The summed E-state index contributed by atoms with van der Waals surface area (Å²) in [5, 5.41) is 10.2. The first kappa shape index (κ1) is 12.8. The van der Waals surface area contributed by atoms with E-state index in [2.05, 4.69) is 20.4 Å². The fourth-order valence-corrected chi connectivity index (χ4v) is 2.06. The number of amides is 1. The zero-order valence-corrected chi connectivity index (χ0v) is 10.4. The third-order valence-corrected chi connectivity index (χ3v) is 3.08. The van der Waals surface area contributed by atoms with Crippen molar-refractivity contribution in [1.29, 1.82) is 0 Å². The van der Waals surface area contributed by atoms with Crippen LogP contribution in [0, 0.1) is 0 Å². The number of nitrogens with one attached hydrogen (secondary N) is 1. The molecule has 3 N–H and O–H groups in total. The van der Waals surface area contributed by atoms with Crippen LogP contribution in [0.2, 0.25) is 0 Å². The maximum Gasteiger partial charge on any atom is 0.271 e. The molecule has 1 amide bonds. The van der Waals surface area contributed by atoms with Gasteiger partial charge in [-0.1, -0.05) is 6.42 Å². The maximum absolute atomic E-state index is 11.7. The van der Waals surface area contributed by atoms with Crippen LogP contribution in [-0.2, 0) is 0 Å². The van der Waals surface area contributed by atoms with Gasteiger partial charge in [0.25, 0.3) is 5.91 Å². The maximum atomic E-state index is 11.7. The van der Waals surface area contributed by atoms with Crippen molar-refractivity contribution in [1.82, 2.24) is 20.4 Å². The molecule has 2 rings (SSSR count). The minimum absolute atomic E-state index is 0.195. The van der Waals surface area contributed by atoms with Crippen molar-refractivity contribution in [2.45, 2.75) is 19.3 Å². The van der Waals surface area contributed by atoms with Gasteiger partial charge in [-0.25, -0.2) is 0 Å². The van der Waals surface area contributed by atoms with Gasteiger partial charge in [-0.2, -0.15) is 0 Å². The van der Waals surface area contributed by atoms with Gasteiger partial charge in [-0.05, 0) is 38.1 Å². The van der Waals surface area contributed by atoms with Gasteiger partial charge in [0.15, 0.2) is 5.69 Å². The Kier molecular flexibility index (Phi) is 4.46.